The number of hydrogen-bond donors (Lipinski definition) is 1. The smallest absolute Gasteiger partial charge is 0.404 e. The van der Waals surface area contributed by atoms with Crippen LogP contribution in [0.2, 0.25) is 0 Å². The number of benzene rings is 1. The predicted molar refractivity (Wildman–Crippen MR) is 73.9 cm³/mol. The largest absolute Gasteiger partial charge is 0.450 e. The standard InChI is InChI=1S/C12H12BrN3O3/c13-8-2-3-10-9(6-8)11(17)16(7-15-10)4-1-5-19-12(14)18/h2-3,6-7H,1,4-5H2,(H2,14,18). The van der Waals surface area contributed by atoms with E-state index in [4.69, 9.17) is 5.73 Å². The molecule has 19 heavy (non-hydrogen) atoms. The summed E-state index contributed by atoms with van der Waals surface area (Å²) in [4.78, 5) is 26.8. The van der Waals surface area contributed by atoms with Crippen molar-refractivity contribution >= 4 is 32.9 Å². The third kappa shape index (κ3) is 3.31. The van der Waals surface area contributed by atoms with Gasteiger partial charge in [0.05, 0.1) is 23.8 Å². The third-order valence-electron chi connectivity index (χ3n) is 2.57. The molecule has 6 nitrogen and oxygen atoms in total. The van der Waals surface area contributed by atoms with E-state index in [9.17, 15) is 9.59 Å². The molecule has 0 aliphatic rings. The van der Waals surface area contributed by atoms with Crippen molar-refractivity contribution in [3.63, 3.8) is 0 Å². The second kappa shape index (κ2) is 5.83. The van der Waals surface area contributed by atoms with Crippen LogP contribution in [0.1, 0.15) is 6.42 Å². The molecule has 0 radical (unpaired) electrons. The van der Waals surface area contributed by atoms with Crippen molar-refractivity contribution in [3.05, 3.63) is 39.4 Å². The number of primary amides is 1. The molecule has 0 spiro atoms. The lowest BCUT2D eigenvalue weighted by molar-refractivity contribution is 0.153. The molecule has 1 aromatic heterocycles. The fraction of sp³-hybridized carbons (Fsp3) is 0.250. The van der Waals surface area contributed by atoms with Crippen molar-refractivity contribution in [1.82, 2.24) is 9.55 Å². The van der Waals surface area contributed by atoms with Crippen molar-refractivity contribution in [2.75, 3.05) is 6.61 Å². The molecule has 0 atom stereocenters. The molecule has 7 heteroatoms. The minimum Gasteiger partial charge on any atom is -0.450 e. The Morgan fingerprint density at radius 3 is 3.00 bits per heavy atom. The van der Waals surface area contributed by atoms with E-state index in [2.05, 4.69) is 25.7 Å². The monoisotopic (exact) mass is 325 g/mol. The molecule has 0 saturated carbocycles. The van der Waals surface area contributed by atoms with Gasteiger partial charge in [0.25, 0.3) is 5.56 Å². The molecule has 0 fully saturated rings. The SMILES string of the molecule is NC(=O)OCCCn1cnc2ccc(Br)cc2c1=O. The molecule has 0 aliphatic carbocycles. The molecule has 0 aliphatic heterocycles. The lowest BCUT2D eigenvalue weighted by Gasteiger charge is -2.06. The van der Waals surface area contributed by atoms with Crippen molar-refractivity contribution in [2.24, 2.45) is 5.73 Å². The number of fused-ring (bicyclic) bond motifs is 1. The Morgan fingerprint density at radius 1 is 1.47 bits per heavy atom. The van der Waals surface area contributed by atoms with E-state index < -0.39 is 6.09 Å². The van der Waals surface area contributed by atoms with Gasteiger partial charge in [-0.05, 0) is 24.6 Å². The van der Waals surface area contributed by atoms with Gasteiger partial charge in [-0.25, -0.2) is 9.78 Å². The fourth-order valence-electron chi connectivity index (χ4n) is 1.70. The summed E-state index contributed by atoms with van der Waals surface area (Å²) in [6.45, 7) is 0.597. The first kappa shape index (κ1) is 13.5. The number of ether oxygens (including phenoxy) is 1. The van der Waals surface area contributed by atoms with Crippen LogP contribution < -0.4 is 11.3 Å². The quantitative estimate of drug-likeness (QED) is 0.866. The van der Waals surface area contributed by atoms with Gasteiger partial charge in [-0.15, -0.1) is 0 Å². The third-order valence-corrected chi connectivity index (χ3v) is 3.07. The molecular formula is C12H12BrN3O3. The summed E-state index contributed by atoms with van der Waals surface area (Å²) in [5.74, 6) is 0. The maximum Gasteiger partial charge on any atom is 0.404 e. The van der Waals surface area contributed by atoms with Gasteiger partial charge in [0.1, 0.15) is 0 Å². The van der Waals surface area contributed by atoms with Crippen LogP contribution in [-0.2, 0) is 11.3 Å². The molecule has 2 rings (SSSR count). The topological polar surface area (TPSA) is 87.2 Å². The van der Waals surface area contributed by atoms with Crippen molar-refractivity contribution in [2.45, 2.75) is 13.0 Å². The van der Waals surface area contributed by atoms with Crippen LogP contribution in [0, 0.1) is 0 Å². The van der Waals surface area contributed by atoms with Crippen molar-refractivity contribution in [3.8, 4) is 0 Å². The molecule has 0 unspecified atom stereocenters. The highest BCUT2D eigenvalue weighted by Crippen LogP contribution is 2.14. The highest BCUT2D eigenvalue weighted by molar-refractivity contribution is 9.10. The summed E-state index contributed by atoms with van der Waals surface area (Å²) in [5, 5.41) is 0.549. The van der Waals surface area contributed by atoms with E-state index >= 15 is 0 Å². The molecule has 100 valence electrons. The van der Waals surface area contributed by atoms with E-state index in [1.807, 2.05) is 6.07 Å². The van der Waals surface area contributed by atoms with Gasteiger partial charge in [0.2, 0.25) is 0 Å². The van der Waals surface area contributed by atoms with Crippen molar-refractivity contribution < 1.29 is 9.53 Å². The Labute approximate surface area is 117 Å². The van der Waals surface area contributed by atoms with Crippen LogP contribution in [-0.4, -0.2) is 22.3 Å². The van der Waals surface area contributed by atoms with Crippen LogP contribution in [0.25, 0.3) is 10.9 Å². The van der Waals surface area contributed by atoms with Crippen molar-refractivity contribution in [1.29, 1.82) is 0 Å². The number of carbonyl (C=O) groups excluding carboxylic acids is 1. The van der Waals surface area contributed by atoms with Crippen LogP contribution in [0.4, 0.5) is 4.79 Å². The molecule has 0 bridgehead atoms. The number of nitrogens with zero attached hydrogens (tertiary/aromatic N) is 2. The minimum atomic E-state index is -0.812. The van der Waals surface area contributed by atoms with E-state index in [0.29, 0.717) is 23.9 Å². The van der Waals surface area contributed by atoms with Crippen LogP contribution in [0.15, 0.2) is 33.8 Å². The molecular weight excluding hydrogens is 314 g/mol. The molecule has 1 heterocycles. The summed E-state index contributed by atoms with van der Waals surface area (Å²) < 4.78 is 6.92. The number of carbonyl (C=O) groups is 1. The lowest BCUT2D eigenvalue weighted by Crippen LogP contribution is -2.22. The zero-order valence-electron chi connectivity index (χ0n) is 10.0. The summed E-state index contributed by atoms with van der Waals surface area (Å²) >= 11 is 3.32. The molecule has 2 N–H and O–H groups in total. The van der Waals surface area contributed by atoms with E-state index in [0.717, 1.165) is 4.47 Å². The second-order valence-corrected chi connectivity index (χ2v) is 4.84. The van der Waals surface area contributed by atoms with Gasteiger partial charge < -0.3 is 10.5 Å². The number of rotatable bonds is 4. The number of aromatic nitrogens is 2. The lowest BCUT2D eigenvalue weighted by atomic mass is 10.2. The van der Waals surface area contributed by atoms with Gasteiger partial charge in [-0.2, -0.15) is 0 Å². The number of nitrogens with two attached hydrogens (primary N) is 1. The number of amides is 1. The van der Waals surface area contributed by atoms with Crippen LogP contribution in [0.5, 0.6) is 0 Å². The Bertz CT molecular complexity index is 669. The van der Waals surface area contributed by atoms with Gasteiger partial charge in [-0.1, -0.05) is 15.9 Å². The molecule has 1 amide bonds. The minimum absolute atomic E-state index is 0.120. The first-order chi connectivity index (χ1) is 9.08. The summed E-state index contributed by atoms with van der Waals surface area (Å²) in [5.41, 5.74) is 5.38. The zero-order chi connectivity index (χ0) is 13.8. The second-order valence-electron chi connectivity index (χ2n) is 3.93. The normalized spacial score (nSPS) is 10.6. The first-order valence-electron chi connectivity index (χ1n) is 5.65. The van der Waals surface area contributed by atoms with Crippen LogP contribution >= 0.6 is 15.9 Å². The molecule has 0 saturated heterocycles. The maximum atomic E-state index is 12.2. The predicted octanol–water partition coefficient (Wildman–Crippen LogP) is 1.64. The highest BCUT2D eigenvalue weighted by Gasteiger charge is 2.04. The van der Waals surface area contributed by atoms with Gasteiger partial charge in [0.15, 0.2) is 0 Å². The Kier molecular flexibility index (Phi) is 4.16. The van der Waals surface area contributed by atoms with Crippen LogP contribution in [0.3, 0.4) is 0 Å². The van der Waals surface area contributed by atoms with Gasteiger partial charge >= 0.3 is 6.09 Å². The first-order valence-corrected chi connectivity index (χ1v) is 6.44. The zero-order valence-corrected chi connectivity index (χ0v) is 11.6. The highest BCUT2D eigenvalue weighted by atomic mass is 79.9. The number of halogens is 1. The molecule has 2 aromatic rings. The van der Waals surface area contributed by atoms with E-state index in [1.54, 1.807) is 12.1 Å². The Morgan fingerprint density at radius 2 is 2.26 bits per heavy atom. The molecule has 1 aromatic carbocycles. The van der Waals surface area contributed by atoms with E-state index in [-0.39, 0.29) is 12.2 Å². The summed E-state index contributed by atoms with van der Waals surface area (Å²) in [6.07, 6.45) is 1.18. The summed E-state index contributed by atoms with van der Waals surface area (Å²) in [6, 6.07) is 5.35. The van der Waals surface area contributed by atoms with Gasteiger partial charge in [0, 0.05) is 11.0 Å². The average Bonchev–Trinajstić information content (AvgIpc) is 2.37. The average molecular weight is 326 g/mol. The van der Waals surface area contributed by atoms with Gasteiger partial charge in [-0.3, -0.25) is 9.36 Å². The Hall–Kier alpha value is -1.89. The Balaban J connectivity index is 2.18. The summed E-state index contributed by atoms with van der Waals surface area (Å²) in [7, 11) is 0. The fourth-order valence-corrected chi connectivity index (χ4v) is 2.06. The maximum absolute atomic E-state index is 12.2. The number of aryl methyl sites for hydroxylation is 1. The number of hydrogen-bond acceptors (Lipinski definition) is 4. The van der Waals surface area contributed by atoms with E-state index in [1.165, 1.54) is 10.9 Å².